The van der Waals surface area contributed by atoms with Crippen LogP contribution in [0.15, 0.2) is 0 Å². The van der Waals surface area contributed by atoms with Gasteiger partial charge in [-0.1, -0.05) is 20.8 Å². The van der Waals surface area contributed by atoms with E-state index in [1.54, 1.807) is 6.92 Å². The van der Waals surface area contributed by atoms with Gasteiger partial charge in [0.05, 0.1) is 31.2 Å². The van der Waals surface area contributed by atoms with Gasteiger partial charge in [-0.2, -0.15) is 0 Å². The molecule has 0 aromatic heterocycles. The van der Waals surface area contributed by atoms with Crippen LogP contribution < -0.4 is 5.32 Å². The molecule has 0 saturated carbocycles. The summed E-state index contributed by atoms with van der Waals surface area (Å²) in [5, 5.41) is 12.7. The van der Waals surface area contributed by atoms with E-state index in [0.717, 1.165) is 6.42 Å². The summed E-state index contributed by atoms with van der Waals surface area (Å²) in [6, 6.07) is -0.870. The molecule has 0 aromatic rings. The first kappa shape index (κ1) is 23.0. The van der Waals surface area contributed by atoms with Crippen LogP contribution in [0.5, 0.6) is 0 Å². The van der Waals surface area contributed by atoms with Crippen molar-refractivity contribution in [3.8, 4) is 0 Å². The Morgan fingerprint density at radius 1 is 1.30 bits per heavy atom. The molecule has 2 amide bonds. The van der Waals surface area contributed by atoms with Crippen molar-refractivity contribution in [3.05, 3.63) is 0 Å². The van der Waals surface area contributed by atoms with Gasteiger partial charge in [-0.3, -0.25) is 14.4 Å². The number of aliphatic hydroxyl groups is 1. The molecule has 3 aliphatic heterocycles. The van der Waals surface area contributed by atoms with Gasteiger partial charge in [-0.05, 0) is 45.4 Å². The molecule has 0 radical (unpaired) electrons. The average molecular weight is 425 g/mol. The minimum absolute atomic E-state index is 0.00516. The summed E-state index contributed by atoms with van der Waals surface area (Å²) < 4.78 is 11.5. The highest BCUT2D eigenvalue weighted by Crippen LogP contribution is 2.58. The van der Waals surface area contributed by atoms with Crippen molar-refractivity contribution in [1.82, 2.24) is 10.2 Å². The van der Waals surface area contributed by atoms with E-state index in [1.165, 1.54) is 4.90 Å². The van der Waals surface area contributed by atoms with E-state index in [2.05, 4.69) is 26.1 Å². The number of β-amino-alcohol motifs (C(OH)–C–C–N with tert-alkyl or cyclic N) is 1. The van der Waals surface area contributed by atoms with Crippen molar-refractivity contribution < 1.29 is 29.0 Å². The molecule has 3 rings (SSSR count). The maximum absolute atomic E-state index is 13.5. The number of nitrogens with one attached hydrogen (secondary N) is 1. The lowest BCUT2D eigenvalue weighted by atomic mass is 9.70. The van der Waals surface area contributed by atoms with Crippen molar-refractivity contribution in [2.45, 2.75) is 84.1 Å². The quantitative estimate of drug-likeness (QED) is 0.596. The molecule has 3 fully saturated rings. The summed E-state index contributed by atoms with van der Waals surface area (Å²) in [5.41, 5.74) is -1.53. The van der Waals surface area contributed by atoms with Crippen LogP contribution in [-0.2, 0) is 23.9 Å². The van der Waals surface area contributed by atoms with E-state index in [9.17, 15) is 19.5 Å². The number of carbonyl (C=O) groups excluding carboxylic acids is 3. The summed E-state index contributed by atoms with van der Waals surface area (Å²) in [7, 11) is 0. The van der Waals surface area contributed by atoms with Crippen molar-refractivity contribution in [2.24, 2.45) is 17.3 Å². The van der Waals surface area contributed by atoms with Gasteiger partial charge in [-0.25, -0.2) is 0 Å². The average Bonchev–Trinajstić information content (AvgIpc) is 3.21. The third-order valence-corrected chi connectivity index (χ3v) is 6.38. The van der Waals surface area contributed by atoms with Crippen LogP contribution in [0, 0.1) is 17.3 Å². The third-order valence-electron chi connectivity index (χ3n) is 6.38. The molecule has 30 heavy (non-hydrogen) atoms. The number of hydrogen-bond acceptors (Lipinski definition) is 6. The second kappa shape index (κ2) is 7.79. The molecule has 5 atom stereocenters. The Morgan fingerprint density at radius 2 is 1.97 bits per heavy atom. The number of nitrogens with zero attached hydrogens (tertiary/aromatic N) is 1. The van der Waals surface area contributed by atoms with Crippen molar-refractivity contribution >= 4 is 17.8 Å². The highest BCUT2D eigenvalue weighted by Gasteiger charge is 2.74. The molecular weight excluding hydrogens is 388 g/mol. The lowest BCUT2D eigenvalue weighted by molar-refractivity contribution is -0.154. The van der Waals surface area contributed by atoms with Gasteiger partial charge in [-0.15, -0.1) is 0 Å². The molecule has 3 aliphatic rings. The van der Waals surface area contributed by atoms with Gasteiger partial charge >= 0.3 is 5.97 Å². The number of fused-ring (bicyclic) bond motifs is 1. The third kappa shape index (κ3) is 3.84. The van der Waals surface area contributed by atoms with Crippen molar-refractivity contribution in [2.75, 3.05) is 19.8 Å². The summed E-state index contributed by atoms with van der Waals surface area (Å²) in [4.78, 5) is 40.9. The lowest BCUT2D eigenvalue weighted by Gasteiger charge is -2.38. The zero-order valence-electron chi connectivity index (χ0n) is 19.0. The van der Waals surface area contributed by atoms with Crippen LogP contribution in [0.3, 0.4) is 0 Å². The Bertz CT molecular complexity index is 715. The maximum atomic E-state index is 13.5. The first-order valence-electron chi connectivity index (χ1n) is 10.9. The Morgan fingerprint density at radius 3 is 2.53 bits per heavy atom. The van der Waals surface area contributed by atoms with Crippen LogP contribution in [0.1, 0.15) is 60.8 Å². The summed E-state index contributed by atoms with van der Waals surface area (Å²) in [5.74, 6) is -2.49. The number of hydrogen-bond donors (Lipinski definition) is 2. The minimum atomic E-state index is -1.05. The van der Waals surface area contributed by atoms with Gasteiger partial charge in [0.1, 0.15) is 11.6 Å². The molecule has 8 nitrogen and oxygen atoms in total. The Hall–Kier alpha value is -1.67. The molecule has 170 valence electrons. The van der Waals surface area contributed by atoms with Gasteiger partial charge in [0.2, 0.25) is 11.8 Å². The number of aliphatic hydroxyl groups excluding tert-OH is 1. The maximum Gasteiger partial charge on any atom is 0.312 e. The Labute approximate surface area is 178 Å². The Kier molecular flexibility index (Phi) is 5.97. The molecular formula is C22H36N2O6. The fourth-order valence-electron chi connectivity index (χ4n) is 6.08. The number of likely N-dealkylation sites (tertiary alicyclic amines) is 1. The first-order chi connectivity index (χ1) is 13.9. The van der Waals surface area contributed by atoms with Crippen LogP contribution in [0.4, 0.5) is 0 Å². The van der Waals surface area contributed by atoms with Crippen LogP contribution >= 0.6 is 0 Å². The smallest absolute Gasteiger partial charge is 0.312 e. The van der Waals surface area contributed by atoms with Crippen LogP contribution in [0.25, 0.3) is 0 Å². The van der Waals surface area contributed by atoms with E-state index in [-0.39, 0.29) is 37.0 Å². The van der Waals surface area contributed by atoms with Crippen molar-refractivity contribution in [1.29, 1.82) is 0 Å². The zero-order chi connectivity index (χ0) is 22.5. The van der Waals surface area contributed by atoms with Crippen LogP contribution in [-0.4, -0.2) is 70.8 Å². The van der Waals surface area contributed by atoms with Gasteiger partial charge in [0.15, 0.2) is 0 Å². The zero-order valence-corrected chi connectivity index (χ0v) is 19.0. The van der Waals surface area contributed by atoms with Crippen molar-refractivity contribution in [3.63, 3.8) is 0 Å². The summed E-state index contributed by atoms with van der Waals surface area (Å²) in [6.07, 6.45) is 1.48. The van der Waals surface area contributed by atoms with Gasteiger partial charge in [0, 0.05) is 12.1 Å². The molecule has 2 bridgehead atoms. The standard InChI is InChI=1S/C22H36N2O6/c1-7-29-19(28)14-13-8-9-22(30-13)15(14)18(27)24(10-11-25)16(22)17(26)23-21(5,6)12-20(2,3)4/h13-16,25H,7-12H2,1-6H3,(H,23,26)/t13-,14+,15+,16-,22+/m0/s1. The van der Waals surface area contributed by atoms with E-state index < -0.39 is 41.1 Å². The van der Waals surface area contributed by atoms with E-state index in [4.69, 9.17) is 9.47 Å². The highest BCUT2D eigenvalue weighted by atomic mass is 16.6. The molecule has 3 heterocycles. The molecule has 3 saturated heterocycles. The molecule has 1 spiro atoms. The second-order valence-corrected chi connectivity index (χ2v) is 10.7. The number of ether oxygens (including phenoxy) is 2. The first-order valence-corrected chi connectivity index (χ1v) is 10.9. The number of rotatable bonds is 7. The van der Waals surface area contributed by atoms with E-state index in [0.29, 0.717) is 12.8 Å². The predicted octanol–water partition coefficient (Wildman–Crippen LogP) is 1.25. The fourth-order valence-corrected chi connectivity index (χ4v) is 6.08. The minimum Gasteiger partial charge on any atom is -0.466 e. The Balaban J connectivity index is 1.92. The van der Waals surface area contributed by atoms with Gasteiger partial charge in [0.25, 0.3) is 0 Å². The largest absolute Gasteiger partial charge is 0.466 e. The number of carbonyl (C=O) groups is 3. The molecule has 0 aromatic carbocycles. The molecule has 8 heteroatoms. The number of esters is 1. The molecule has 0 aliphatic carbocycles. The van der Waals surface area contributed by atoms with Crippen LogP contribution in [0.2, 0.25) is 0 Å². The normalized spacial score (nSPS) is 33.0. The van der Waals surface area contributed by atoms with E-state index in [1.807, 2.05) is 13.8 Å². The second-order valence-electron chi connectivity index (χ2n) is 10.7. The summed E-state index contributed by atoms with van der Waals surface area (Å²) >= 11 is 0. The lowest BCUT2D eigenvalue weighted by Crippen LogP contribution is -2.59. The topological polar surface area (TPSA) is 105 Å². The number of amides is 2. The summed E-state index contributed by atoms with van der Waals surface area (Å²) in [6.45, 7) is 12.0. The molecule has 0 unspecified atom stereocenters. The highest BCUT2D eigenvalue weighted by molar-refractivity contribution is 5.98. The predicted molar refractivity (Wildman–Crippen MR) is 109 cm³/mol. The SMILES string of the molecule is CCOC(=O)[C@@H]1[C@@H]2CC[C@]3(O2)[C@H](C(=O)NC(C)(C)CC(C)(C)C)N(CCO)C(=O)[C@@H]13. The van der Waals surface area contributed by atoms with E-state index >= 15 is 0 Å². The fraction of sp³-hybridized carbons (Fsp3) is 0.864. The van der Waals surface area contributed by atoms with Gasteiger partial charge < -0.3 is 24.8 Å². The monoisotopic (exact) mass is 424 g/mol. The molecule has 2 N–H and O–H groups in total.